The molecular formula is C13H15NO3S. The lowest BCUT2D eigenvalue weighted by Crippen LogP contribution is -2.02. The number of benzene rings is 1. The molecule has 96 valence electrons. The van der Waals surface area contributed by atoms with Gasteiger partial charge >= 0.3 is 0 Å². The van der Waals surface area contributed by atoms with E-state index in [4.69, 9.17) is 9.47 Å². The fourth-order valence-corrected chi connectivity index (χ4v) is 2.12. The third-order valence-corrected chi connectivity index (χ3v) is 3.01. The lowest BCUT2D eigenvalue weighted by molar-refractivity contribution is 0.242. The second-order valence-electron chi connectivity index (χ2n) is 3.60. The van der Waals surface area contributed by atoms with Crippen LogP contribution in [0.2, 0.25) is 0 Å². The highest BCUT2D eigenvalue weighted by molar-refractivity contribution is 7.07. The van der Waals surface area contributed by atoms with E-state index in [9.17, 15) is 5.11 Å². The Bertz CT molecular complexity index is 485. The number of rotatable bonds is 6. The van der Waals surface area contributed by atoms with E-state index < -0.39 is 0 Å². The molecule has 0 aliphatic carbocycles. The summed E-state index contributed by atoms with van der Waals surface area (Å²) in [6.07, 6.45) is 0. The van der Waals surface area contributed by atoms with Gasteiger partial charge in [-0.05, 0) is 13.0 Å². The lowest BCUT2D eigenvalue weighted by atomic mass is 10.2. The van der Waals surface area contributed by atoms with E-state index in [1.54, 1.807) is 5.51 Å². The summed E-state index contributed by atoms with van der Waals surface area (Å²) in [5.74, 6) is 1.24. The molecule has 0 radical (unpaired) electrons. The monoisotopic (exact) mass is 265 g/mol. The van der Waals surface area contributed by atoms with Gasteiger partial charge in [-0.15, -0.1) is 11.3 Å². The highest BCUT2D eigenvalue weighted by Crippen LogP contribution is 2.32. The van der Waals surface area contributed by atoms with Crippen molar-refractivity contribution in [2.24, 2.45) is 0 Å². The van der Waals surface area contributed by atoms with Crippen LogP contribution >= 0.6 is 11.3 Å². The number of thiazole rings is 1. The number of aliphatic hydroxyl groups is 1. The number of hydrogen-bond acceptors (Lipinski definition) is 5. The van der Waals surface area contributed by atoms with Crippen molar-refractivity contribution in [1.29, 1.82) is 0 Å². The van der Waals surface area contributed by atoms with E-state index >= 15 is 0 Å². The van der Waals surface area contributed by atoms with Gasteiger partial charge in [0, 0.05) is 10.9 Å². The van der Waals surface area contributed by atoms with Crippen LogP contribution in [0.15, 0.2) is 29.1 Å². The Morgan fingerprint density at radius 2 is 2.22 bits per heavy atom. The van der Waals surface area contributed by atoms with Crippen molar-refractivity contribution >= 4 is 11.3 Å². The van der Waals surface area contributed by atoms with Crippen LogP contribution in [0.25, 0.3) is 0 Å². The molecule has 0 aliphatic heterocycles. The second-order valence-corrected chi connectivity index (χ2v) is 4.32. The normalized spacial score (nSPS) is 10.3. The Labute approximate surface area is 110 Å². The standard InChI is InChI=1S/C13H15NO3S/c1-2-16-12-5-3-4-10(6-15)13(12)17-7-11-8-18-9-14-11/h3-5,8-9,15H,2,6-7H2,1H3. The molecule has 0 fully saturated rings. The van der Waals surface area contributed by atoms with Gasteiger partial charge in [0.25, 0.3) is 0 Å². The van der Waals surface area contributed by atoms with Crippen molar-refractivity contribution in [1.82, 2.24) is 4.98 Å². The molecule has 5 heteroatoms. The molecule has 0 saturated heterocycles. The molecule has 0 unspecified atom stereocenters. The average Bonchev–Trinajstić information content (AvgIpc) is 2.90. The summed E-state index contributed by atoms with van der Waals surface area (Å²) in [5.41, 5.74) is 3.35. The Hall–Kier alpha value is -1.59. The highest BCUT2D eigenvalue weighted by atomic mass is 32.1. The average molecular weight is 265 g/mol. The molecular weight excluding hydrogens is 250 g/mol. The Morgan fingerprint density at radius 1 is 1.33 bits per heavy atom. The highest BCUT2D eigenvalue weighted by Gasteiger charge is 2.11. The van der Waals surface area contributed by atoms with Crippen molar-refractivity contribution in [3.05, 3.63) is 40.3 Å². The zero-order chi connectivity index (χ0) is 12.8. The van der Waals surface area contributed by atoms with E-state index in [0.29, 0.717) is 24.7 Å². The number of aliphatic hydroxyl groups excluding tert-OH is 1. The quantitative estimate of drug-likeness (QED) is 0.872. The second kappa shape index (κ2) is 6.37. The third-order valence-electron chi connectivity index (χ3n) is 2.38. The SMILES string of the molecule is CCOc1cccc(CO)c1OCc1cscn1. The van der Waals surface area contributed by atoms with Gasteiger partial charge < -0.3 is 14.6 Å². The minimum Gasteiger partial charge on any atom is -0.490 e. The van der Waals surface area contributed by atoms with Gasteiger partial charge in [-0.1, -0.05) is 12.1 Å². The first-order valence-electron chi connectivity index (χ1n) is 5.70. The molecule has 0 saturated carbocycles. The van der Waals surface area contributed by atoms with Crippen LogP contribution in [-0.2, 0) is 13.2 Å². The van der Waals surface area contributed by atoms with Gasteiger partial charge in [-0.25, -0.2) is 4.98 Å². The topological polar surface area (TPSA) is 51.6 Å². The van der Waals surface area contributed by atoms with Crippen LogP contribution in [0, 0.1) is 0 Å². The van der Waals surface area contributed by atoms with Crippen molar-refractivity contribution in [2.45, 2.75) is 20.1 Å². The zero-order valence-electron chi connectivity index (χ0n) is 10.1. The largest absolute Gasteiger partial charge is 0.490 e. The van der Waals surface area contributed by atoms with E-state index in [1.807, 2.05) is 30.5 Å². The van der Waals surface area contributed by atoms with Crippen LogP contribution in [0.4, 0.5) is 0 Å². The van der Waals surface area contributed by atoms with E-state index in [1.165, 1.54) is 11.3 Å². The molecule has 18 heavy (non-hydrogen) atoms. The third kappa shape index (κ3) is 3.00. The Morgan fingerprint density at radius 3 is 2.89 bits per heavy atom. The van der Waals surface area contributed by atoms with Gasteiger partial charge in [0.15, 0.2) is 11.5 Å². The van der Waals surface area contributed by atoms with Gasteiger partial charge in [0.1, 0.15) is 6.61 Å². The van der Waals surface area contributed by atoms with Crippen molar-refractivity contribution < 1.29 is 14.6 Å². The number of aromatic nitrogens is 1. The molecule has 2 rings (SSSR count). The fourth-order valence-electron chi connectivity index (χ4n) is 1.57. The number of nitrogens with zero attached hydrogens (tertiary/aromatic N) is 1. The van der Waals surface area contributed by atoms with Crippen LogP contribution < -0.4 is 9.47 Å². The van der Waals surface area contributed by atoms with E-state index in [2.05, 4.69) is 4.98 Å². The molecule has 1 heterocycles. The van der Waals surface area contributed by atoms with Crippen LogP contribution in [-0.4, -0.2) is 16.7 Å². The summed E-state index contributed by atoms with van der Waals surface area (Å²) in [5, 5.41) is 11.3. The zero-order valence-corrected chi connectivity index (χ0v) is 10.9. The van der Waals surface area contributed by atoms with Crippen LogP contribution in [0.5, 0.6) is 11.5 Å². The molecule has 0 spiro atoms. The minimum absolute atomic E-state index is 0.0761. The predicted octanol–water partition coefficient (Wildman–Crippen LogP) is 2.61. The molecule has 4 nitrogen and oxygen atoms in total. The fraction of sp³-hybridized carbons (Fsp3) is 0.308. The molecule has 0 atom stereocenters. The molecule has 1 N–H and O–H groups in total. The van der Waals surface area contributed by atoms with Gasteiger partial charge in [-0.2, -0.15) is 0 Å². The maximum atomic E-state index is 9.32. The minimum atomic E-state index is -0.0761. The van der Waals surface area contributed by atoms with E-state index in [0.717, 1.165) is 11.3 Å². The number of para-hydroxylation sites is 1. The van der Waals surface area contributed by atoms with Crippen molar-refractivity contribution in [3.8, 4) is 11.5 Å². The molecule has 0 aliphatic rings. The smallest absolute Gasteiger partial charge is 0.167 e. The van der Waals surface area contributed by atoms with Gasteiger partial charge in [-0.3, -0.25) is 0 Å². The summed E-state index contributed by atoms with van der Waals surface area (Å²) >= 11 is 1.53. The lowest BCUT2D eigenvalue weighted by Gasteiger charge is -2.14. The first-order chi connectivity index (χ1) is 8.85. The maximum Gasteiger partial charge on any atom is 0.167 e. The molecule has 0 amide bonds. The first kappa shape index (κ1) is 12.9. The van der Waals surface area contributed by atoms with Gasteiger partial charge in [0.2, 0.25) is 0 Å². The molecule has 0 bridgehead atoms. The Kier molecular flexibility index (Phi) is 4.55. The summed E-state index contributed by atoms with van der Waals surface area (Å²) in [6.45, 7) is 2.77. The van der Waals surface area contributed by atoms with E-state index in [-0.39, 0.29) is 6.61 Å². The summed E-state index contributed by atoms with van der Waals surface area (Å²) in [6, 6.07) is 5.49. The first-order valence-corrected chi connectivity index (χ1v) is 6.64. The number of ether oxygens (including phenoxy) is 2. The van der Waals surface area contributed by atoms with Crippen molar-refractivity contribution in [2.75, 3.05) is 6.61 Å². The Balaban J connectivity index is 2.18. The maximum absolute atomic E-state index is 9.32. The summed E-state index contributed by atoms with van der Waals surface area (Å²) in [7, 11) is 0. The van der Waals surface area contributed by atoms with Crippen LogP contribution in [0.3, 0.4) is 0 Å². The summed E-state index contributed by atoms with van der Waals surface area (Å²) in [4.78, 5) is 4.15. The van der Waals surface area contributed by atoms with Crippen LogP contribution in [0.1, 0.15) is 18.2 Å². The van der Waals surface area contributed by atoms with Gasteiger partial charge in [0.05, 0.1) is 24.4 Å². The molecule has 1 aromatic carbocycles. The molecule has 1 aromatic heterocycles. The predicted molar refractivity (Wildman–Crippen MR) is 70.0 cm³/mol. The van der Waals surface area contributed by atoms with Crippen molar-refractivity contribution in [3.63, 3.8) is 0 Å². The number of hydrogen-bond donors (Lipinski definition) is 1. The summed E-state index contributed by atoms with van der Waals surface area (Å²) < 4.78 is 11.2. The molecule has 2 aromatic rings.